The summed E-state index contributed by atoms with van der Waals surface area (Å²) in [5, 5.41) is 14.0. The summed E-state index contributed by atoms with van der Waals surface area (Å²) in [7, 11) is 0. The molecule has 2 N–H and O–H groups in total. The van der Waals surface area contributed by atoms with E-state index in [1.165, 1.54) is 36.0 Å². The molecule has 0 spiro atoms. The van der Waals surface area contributed by atoms with Crippen molar-refractivity contribution in [1.82, 2.24) is 14.8 Å². The molecule has 3 aliphatic carbocycles. The van der Waals surface area contributed by atoms with Crippen LogP contribution >= 0.6 is 0 Å². The minimum atomic E-state index is -0.353. The van der Waals surface area contributed by atoms with Gasteiger partial charge in [-0.05, 0) is 86.1 Å². The van der Waals surface area contributed by atoms with Gasteiger partial charge in [0.25, 0.3) is 5.56 Å². The van der Waals surface area contributed by atoms with E-state index in [9.17, 15) is 14.7 Å². The second kappa shape index (κ2) is 9.25. The summed E-state index contributed by atoms with van der Waals surface area (Å²) in [5.41, 5.74) is 5.80. The molecular weight excluding hydrogens is 462 g/mol. The van der Waals surface area contributed by atoms with E-state index >= 15 is 0 Å². The standard InChI is InChI=1S/C31H37N3O3/c35-18-26-25-17-33-27(13-12-24(31(33)37)20-6-2-1-3-7-20)28(25)34(16-19-10-11-19)29(26)30(36)32-23-14-21-8-4-5-9-22(21)15-23/h4-6,8-9,12-13,19,23,25-26,28-29,35H,1-3,7,10-11,14-18H2,(H,32,36)/t25-,26-,28+,29-/m0/s1. The van der Waals surface area contributed by atoms with E-state index in [0.717, 1.165) is 49.9 Å². The molecule has 4 atom stereocenters. The molecule has 1 saturated carbocycles. The fourth-order valence-corrected chi connectivity index (χ4v) is 7.69. The lowest BCUT2D eigenvalue weighted by atomic mass is 9.88. The number of pyridine rings is 1. The molecule has 0 unspecified atom stereocenters. The van der Waals surface area contributed by atoms with Gasteiger partial charge in [0.05, 0.1) is 12.1 Å². The van der Waals surface area contributed by atoms with Gasteiger partial charge >= 0.3 is 0 Å². The van der Waals surface area contributed by atoms with E-state index in [1.54, 1.807) is 0 Å². The molecule has 0 radical (unpaired) electrons. The minimum absolute atomic E-state index is 0.0105. The van der Waals surface area contributed by atoms with Crippen molar-refractivity contribution in [3.05, 3.63) is 75.2 Å². The first-order valence-corrected chi connectivity index (χ1v) is 14.3. The van der Waals surface area contributed by atoms with Crippen LogP contribution in [-0.2, 0) is 24.2 Å². The molecule has 1 amide bonds. The van der Waals surface area contributed by atoms with Crippen molar-refractivity contribution >= 4 is 11.5 Å². The Morgan fingerprint density at radius 2 is 1.84 bits per heavy atom. The summed E-state index contributed by atoms with van der Waals surface area (Å²) in [6.07, 6.45) is 10.7. The lowest BCUT2D eigenvalue weighted by Crippen LogP contribution is -2.51. The van der Waals surface area contributed by atoms with Crippen LogP contribution in [0, 0.1) is 17.8 Å². The lowest BCUT2D eigenvalue weighted by Gasteiger charge is -2.31. The van der Waals surface area contributed by atoms with Crippen LogP contribution in [0.1, 0.15) is 67.0 Å². The molecular formula is C31H37N3O3. The van der Waals surface area contributed by atoms with Crippen molar-refractivity contribution in [2.75, 3.05) is 13.2 Å². The molecule has 6 heteroatoms. The van der Waals surface area contributed by atoms with Crippen LogP contribution in [-0.4, -0.2) is 45.7 Å². The monoisotopic (exact) mass is 499 g/mol. The number of likely N-dealkylation sites (tertiary alicyclic amines) is 1. The molecule has 1 aromatic carbocycles. The molecule has 2 fully saturated rings. The Morgan fingerprint density at radius 1 is 1.05 bits per heavy atom. The number of carbonyl (C=O) groups excluding carboxylic acids is 1. The van der Waals surface area contributed by atoms with Crippen LogP contribution in [0.15, 0.2) is 47.3 Å². The fraction of sp³-hybridized carbons (Fsp3) is 0.548. The normalized spacial score (nSPS) is 29.1. The highest BCUT2D eigenvalue weighted by Gasteiger charge is 2.56. The van der Waals surface area contributed by atoms with E-state index in [-0.39, 0.29) is 48.0 Å². The number of aromatic nitrogens is 1. The Bertz CT molecular complexity index is 1280. The van der Waals surface area contributed by atoms with Gasteiger partial charge in [-0.1, -0.05) is 30.3 Å². The molecule has 2 aromatic rings. The number of amides is 1. The summed E-state index contributed by atoms with van der Waals surface area (Å²) in [4.78, 5) is 29.9. The predicted octanol–water partition coefficient (Wildman–Crippen LogP) is 3.46. The highest BCUT2D eigenvalue weighted by molar-refractivity contribution is 5.83. The van der Waals surface area contributed by atoms with Gasteiger partial charge in [-0.25, -0.2) is 0 Å². The maximum Gasteiger partial charge on any atom is 0.258 e. The van der Waals surface area contributed by atoms with Crippen molar-refractivity contribution in [1.29, 1.82) is 0 Å². The number of carbonyl (C=O) groups is 1. The van der Waals surface area contributed by atoms with E-state index in [0.29, 0.717) is 12.5 Å². The Kier molecular flexibility index (Phi) is 5.85. The first-order valence-electron chi connectivity index (χ1n) is 14.3. The topological polar surface area (TPSA) is 74.6 Å². The second-order valence-corrected chi connectivity index (χ2v) is 12.0. The predicted molar refractivity (Wildman–Crippen MR) is 143 cm³/mol. The van der Waals surface area contributed by atoms with Crippen molar-refractivity contribution in [3.63, 3.8) is 0 Å². The number of aliphatic hydroxyl groups excluding tert-OH is 1. The number of rotatable bonds is 6. The van der Waals surface area contributed by atoms with Gasteiger partial charge < -0.3 is 15.0 Å². The highest BCUT2D eigenvalue weighted by atomic mass is 16.3. The fourth-order valence-electron chi connectivity index (χ4n) is 7.69. The molecule has 5 aliphatic rings. The summed E-state index contributed by atoms with van der Waals surface area (Å²) < 4.78 is 1.96. The zero-order valence-electron chi connectivity index (χ0n) is 21.4. The number of allylic oxidation sites excluding steroid dienone is 2. The summed E-state index contributed by atoms with van der Waals surface area (Å²) in [6, 6.07) is 12.4. The van der Waals surface area contributed by atoms with Crippen molar-refractivity contribution in [2.45, 2.75) is 76.0 Å². The van der Waals surface area contributed by atoms with Gasteiger partial charge in [0.2, 0.25) is 5.91 Å². The Morgan fingerprint density at radius 3 is 2.51 bits per heavy atom. The quantitative estimate of drug-likeness (QED) is 0.639. The number of nitrogens with zero attached hydrogens (tertiary/aromatic N) is 2. The van der Waals surface area contributed by atoms with Crippen LogP contribution < -0.4 is 10.9 Å². The Balaban J connectivity index is 1.19. The van der Waals surface area contributed by atoms with Crippen molar-refractivity contribution in [3.8, 4) is 0 Å². The molecule has 3 heterocycles. The van der Waals surface area contributed by atoms with Crippen LogP contribution in [0.2, 0.25) is 0 Å². The number of hydrogen-bond acceptors (Lipinski definition) is 4. The zero-order chi connectivity index (χ0) is 25.1. The highest BCUT2D eigenvalue weighted by Crippen LogP contribution is 2.51. The number of fused-ring (bicyclic) bond motifs is 4. The van der Waals surface area contributed by atoms with Crippen LogP contribution in [0.5, 0.6) is 0 Å². The van der Waals surface area contributed by atoms with Gasteiger partial charge in [-0.15, -0.1) is 0 Å². The third-order valence-corrected chi connectivity index (χ3v) is 9.66. The maximum absolute atomic E-state index is 13.9. The molecule has 1 aromatic heterocycles. The van der Waals surface area contributed by atoms with Gasteiger partial charge in [-0.2, -0.15) is 0 Å². The molecule has 1 saturated heterocycles. The number of benzene rings is 1. The molecule has 194 valence electrons. The molecule has 6 nitrogen and oxygen atoms in total. The summed E-state index contributed by atoms with van der Waals surface area (Å²) in [6.45, 7) is 1.42. The SMILES string of the molecule is O=C(NC1Cc2ccccc2C1)[C@@H]1[C@@H](CO)[C@@H]2Cn3c(ccc(C4=CCCCC4)c3=O)[C@@H]2N1CC1CC1. The van der Waals surface area contributed by atoms with Crippen molar-refractivity contribution < 1.29 is 9.90 Å². The van der Waals surface area contributed by atoms with Gasteiger partial charge in [0.15, 0.2) is 0 Å². The average Bonchev–Trinajstić information content (AvgIpc) is 3.38. The lowest BCUT2D eigenvalue weighted by molar-refractivity contribution is -0.128. The van der Waals surface area contributed by atoms with Crippen LogP contribution in [0.25, 0.3) is 5.57 Å². The van der Waals surface area contributed by atoms with Crippen LogP contribution in [0.4, 0.5) is 0 Å². The van der Waals surface area contributed by atoms with Gasteiger partial charge in [-0.3, -0.25) is 14.5 Å². The van der Waals surface area contributed by atoms with E-state index in [1.807, 2.05) is 10.6 Å². The molecule has 0 bridgehead atoms. The summed E-state index contributed by atoms with van der Waals surface area (Å²) >= 11 is 0. The third-order valence-electron chi connectivity index (χ3n) is 9.66. The van der Waals surface area contributed by atoms with Crippen LogP contribution in [0.3, 0.4) is 0 Å². The minimum Gasteiger partial charge on any atom is -0.396 e. The smallest absolute Gasteiger partial charge is 0.258 e. The first kappa shape index (κ1) is 23.4. The second-order valence-electron chi connectivity index (χ2n) is 12.0. The molecule has 2 aliphatic heterocycles. The van der Waals surface area contributed by atoms with E-state index in [4.69, 9.17) is 0 Å². The van der Waals surface area contributed by atoms with Gasteiger partial charge in [0, 0.05) is 48.8 Å². The van der Waals surface area contributed by atoms with Crippen molar-refractivity contribution in [2.24, 2.45) is 17.8 Å². The maximum atomic E-state index is 13.9. The number of hydrogen-bond donors (Lipinski definition) is 2. The van der Waals surface area contributed by atoms with E-state index < -0.39 is 0 Å². The van der Waals surface area contributed by atoms with Gasteiger partial charge in [0.1, 0.15) is 0 Å². The van der Waals surface area contributed by atoms with E-state index in [2.05, 4.69) is 46.6 Å². The molecule has 37 heavy (non-hydrogen) atoms. The third kappa shape index (κ3) is 4.00. The number of nitrogens with one attached hydrogen (secondary N) is 1. The largest absolute Gasteiger partial charge is 0.396 e. The average molecular weight is 500 g/mol. The Hall–Kier alpha value is -2.70. The summed E-state index contributed by atoms with van der Waals surface area (Å²) in [5.74, 6) is 0.550. The molecule has 7 rings (SSSR count). The number of aliphatic hydroxyl groups is 1. The Labute approximate surface area is 218 Å². The first-order chi connectivity index (χ1) is 18.1. The zero-order valence-corrected chi connectivity index (χ0v) is 21.4.